The molecule has 0 bridgehead atoms. The fourth-order valence-corrected chi connectivity index (χ4v) is 2.70. The highest BCUT2D eigenvalue weighted by atomic mass is 16.6. The lowest BCUT2D eigenvalue weighted by Crippen LogP contribution is -2.41. The van der Waals surface area contributed by atoms with Gasteiger partial charge in [-0.25, -0.2) is 4.79 Å². The number of carbonyl (C=O) groups is 2. The minimum Gasteiger partial charge on any atom is -0.462 e. The summed E-state index contributed by atoms with van der Waals surface area (Å²) in [6, 6.07) is 0.543. The van der Waals surface area contributed by atoms with Crippen LogP contribution in [0.2, 0.25) is 0 Å². The van der Waals surface area contributed by atoms with Crippen LogP contribution in [-0.2, 0) is 19.1 Å². The molecular formula is C17H26N4O7. The summed E-state index contributed by atoms with van der Waals surface area (Å²) < 4.78 is 11.6. The number of nitrogens with two attached hydrogens (primary N) is 1. The first-order valence-electron chi connectivity index (χ1n) is 8.96. The third-order valence-electron chi connectivity index (χ3n) is 4.66. The zero-order chi connectivity index (χ0) is 21.0. The Labute approximate surface area is 161 Å². The molecule has 28 heavy (non-hydrogen) atoms. The van der Waals surface area contributed by atoms with Crippen LogP contribution in [0.1, 0.15) is 33.4 Å². The standard InChI is InChI=1S/C17H26N4O7/c1-4-8(2)12(18)16(25)27-7-10-13(23)14(24)15(28-10)21-6-5-11(19-9(3)22)20-17(21)26/h5-6,8,10,12-15,23-24H,4,7,18H2,1-3H3,(H,19,20,22,26)/t8-,10+,12-,13?,14?,15+/m0/s1. The monoisotopic (exact) mass is 398 g/mol. The molecule has 2 unspecified atom stereocenters. The van der Waals surface area contributed by atoms with E-state index in [1.165, 1.54) is 19.2 Å². The zero-order valence-electron chi connectivity index (χ0n) is 15.9. The van der Waals surface area contributed by atoms with Crippen molar-refractivity contribution in [3.05, 3.63) is 22.7 Å². The third-order valence-corrected chi connectivity index (χ3v) is 4.66. The molecule has 0 spiro atoms. The number of aromatic nitrogens is 2. The lowest BCUT2D eigenvalue weighted by molar-refractivity contribution is -0.153. The molecule has 0 aromatic carbocycles. The van der Waals surface area contributed by atoms with Crippen LogP contribution in [0.4, 0.5) is 5.82 Å². The quantitative estimate of drug-likeness (QED) is 0.410. The normalized spacial score (nSPS) is 26.5. The van der Waals surface area contributed by atoms with Gasteiger partial charge in [0.05, 0.1) is 0 Å². The van der Waals surface area contributed by atoms with Gasteiger partial charge in [-0.1, -0.05) is 20.3 Å². The second-order valence-electron chi connectivity index (χ2n) is 6.77. The predicted octanol–water partition coefficient (Wildman–Crippen LogP) is -1.26. The van der Waals surface area contributed by atoms with Gasteiger partial charge in [-0.15, -0.1) is 0 Å². The summed E-state index contributed by atoms with van der Waals surface area (Å²) in [5.74, 6) is -1.06. The van der Waals surface area contributed by atoms with Crippen LogP contribution in [0.25, 0.3) is 0 Å². The zero-order valence-corrected chi connectivity index (χ0v) is 15.9. The summed E-state index contributed by atoms with van der Waals surface area (Å²) >= 11 is 0. The molecule has 1 aliphatic rings. The largest absolute Gasteiger partial charge is 0.462 e. The number of hydrogen-bond donors (Lipinski definition) is 4. The fraction of sp³-hybridized carbons (Fsp3) is 0.647. The molecule has 1 saturated heterocycles. The molecule has 5 N–H and O–H groups in total. The van der Waals surface area contributed by atoms with Crippen LogP contribution >= 0.6 is 0 Å². The predicted molar refractivity (Wildman–Crippen MR) is 97.1 cm³/mol. The molecule has 1 amide bonds. The first-order valence-corrected chi connectivity index (χ1v) is 8.96. The van der Waals surface area contributed by atoms with Crippen LogP contribution in [0.5, 0.6) is 0 Å². The van der Waals surface area contributed by atoms with Gasteiger partial charge >= 0.3 is 11.7 Å². The maximum Gasteiger partial charge on any atom is 0.351 e. The third kappa shape index (κ3) is 4.93. The Morgan fingerprint density at radius 2 is 2.11 bits per heavy atom. The number of aliphatic hydroxyl groups is 2. The first-order chi connectivity index (χ1) is 13.1. The van der Waals surface area contributed by atoms with Gasteiger partial charge in [-0.3, -0.25) is 14.2 Å². The van der Waals surface area contributed by atoms with Crippen molar-refractivity contribution in [3.63, 3.8) is 0 Å². The Hall–Kier alpha value is -2.34. The van der Waals surface area contributed by atoms with Gasteiger partial charge in [-0.05, 0) is 12.0 Å². The Kier molecular flexibility index (Phi) is 7.24. The maximum atomic E-state index is 12.2. The summed E-state index contributed by atoms with van der Waals surface area (Å²) in [5, 5.41) is 22.8. The van der Waals surface area contributed by atoms with E-state index in [0.717, 1.165) is 4.57 Å². The summed E-state index contributed by atoms with van der Waals surface area (Å²) in [4.78, 5) is 38.8. The molecule has 1 aromatic rings. The number of hydrogen-bond acceptors (Lipinski definition) is 9. The van der Waals surface area contributed by atoms with E-state index in [1.807, 2.05) is 13.8 Å². The van der Waals surface area contributed by atoms with Crippen molar-refractivity contribution in [3.8, 4) is 0 Å². The molecular weight excluding hydrogens is 372 g/mol. The van der Waals surface area contributed by atoms with E-state index < -0.39 is 48.1 Å². The number of ether oxygens (including phenoxy) is 2. The number of aliphatic hydroxyl groups excluding tert-OH is 2. The molecule has 1 fully saturated rings. The van der Waals surface area contributed by atoms with Gasteiger partial charge < -0.3 is 30.7 Å². The topological polar surface area (TPSA) is 166 Å². The van der Waals surface area contributed by atoms with Crippen molar-refractivity contribution in [2.75, 3.05) is 11.9 Å². The molecule has 2 rings (SSSR count). The molecule has 11 heteroatoms. The van der Waals surface area contributed by atoms with Gasteiger partial charge in [0.15, 0.2) is 6.23 Å². The highest BCUT2D eigenvalue weighted by molar-refractivity contribution is 5.87. The molecule has 2 heterocycles. The van der Waals surface area contributed by atoms with Gasteiger partial charge in [0.1, 0.15) is 36.8 Å². The number of rotatable bonds is 7. The average Bonchev–Trinajstić information content (AvgIpc) is 2.92. The number of amides is 1. The highest BCUT2D eigenvalue weighted by Crippen LogP contribution is 2.28. The van der Waals surface area contributed by atoms with Crippen LogP contribution < -0.4 is 16.7 Å². The SMILES string of the molecule is CC[C@H](C)[C@H](N)C(=O)OC[C@H]1O[C@@H](n2ccc(NC(C)=O)nc2=O)C(O)C1O. The highest BCUT2D eigenvalue weighted by Gasteiger charge is 2.45. The molecule has 0 aliphatic carbocycles. The molecule has 156 valence electrons. The summed E-state index contributed by atoms with van der Waals surface area (Å²) in [6.45, 7) is 4.65. The van der Waals surface area contributed by atoms with Crippen LogP contribution in [-0.4, -0.2) is 62.6 Å². The van der Waals surface area contributed by atoms with Gasteiger partial charge in [0, 0.05) is 13.1 Å². The molecule has 0 saturated carbocycles. The molecule has 0 radical (unpaired) electrons. The van der Waals surface area contributed by atoms with Crippen LogP contribution in [0.3, 0.4) is 0 Å². The minimum atomic E-state index is -1.45. The number of carbonyl (C=O) groups excluding carboxylic acids is 2. The van der Waals surface area contributed by atoms with Crippen molar-refractivity contribution >= 4 is 17.7 Å². The molecule has 6 atom stereocenters. The van der Waals surface area contributed by atoms with E-state index >= 15 is 0 Å². The van der Waals surface area contributed by atoms with E-state index in [1.54, 1.807) is 0 Å². The Balaban J connectivity index is 2.05. The lowest BCUT2D eigenvalue weighted by Gasteiger charge is -2.19. The van der Waals surface area contributed by atoms with Crippen LogP contribution in [0, 0.1) is 5.92 Å². The van der Waals surface area contributed by atoms with Crippen LogP contribution in [0.15, 0.2) is 17.1 Å². The van der Waals surface area contributed by atoms with Crippen molar-refractivity contribution in [2.45, 2.75) is 57.8 Å². The van der Waals surface area contributed by atoms with E-state index in [4.69, 9.17) is 15.2 Å². The van der Waals surface area contributed by atoms with Crippen molar-refractivity contribution in [2.24, 2.45) is 11.7 Å². The molecule has 11 nitrogen and oxygen atoms in total. The van der Waals surface area contributed by atoms with E-state index in [9.17, 15) is 24.6 Å². The number of nitrogens with one attached hydrogen (secondary N) is 1. The van der Waals surface area contributed by atoms with Gasteiger partial charge in [0.25, 0.3) is 0 Å². The fourth-order valence-electron chi connectivity index (χ4n) is 2.70. The summed E-state index contributed by atoms with van der Waals surface area (Å²) in [5.41, 5.74) is 5.00. The van der Waals surface area contributed by atoms with Gasteiger partial charge in [0.2, 0.25) is 5.91 Å². The second-order valence-corrected chi connectivity index (χ2v) is 6.77. The van der Waals surface area contributed by atoms with Gasteiger partial charge in [-0.2, -0.15) is 4.98 Å². The Bertz CT molecular complexity index is 768. The minimum absolute atomic E-state index is 0.0475. The number of anilines is 1. The van der Waals surface area contributed by atoms with E-state index in [-0.39, 0.29) is 18.3 Å². The smallest absolute Gasteiger partial charge is 0.351 e. The van der Waals surface area contributed by atoms with E-state index in [0.29, 0.717) is 6.42 Å². The van der Waals surface area contributed by atoms with Crippen molar-refractivity contribution in [1.82, 2.24) is 9.55 Å². The summed E-state index contributed by atoms with van der Waals surface area (Å²) in [6.07, 6.45) is -3.14. The molecule has 1 aliphatic heterocycles. The summed E-state index contributed by atoms with van der Waals surface area (Å²) in [7, 11) is 0. The van der Waals surface area contributed by atoms with Crippen molar-refractivity contribution in [1.29, 1.82) is 0 Å². The second kappa shape index (κ2) is 9.24. The first kappa shape index (κ1) is 22.0. The lowest BCUT2D eigenvalue weighted by atomic mass is 10.0. The van der Waals surface area contributed by atoms with E-state index in [2.05, 4.69) is 10.3 Å². The molecule has 1 aromatic heterocycles. The van der Waals surface area contributed by atoms with Crippen molar-refractivity contribution < 1.29 is 29.3 Å². The number of nitrogens with zero attached hydrogens (tertiary/aromatic N) is 2. The Morgan fingerprint density at radius 1 is 1.43 bits per heavy atom. The maximum absolute atomic E-state index is 12.2. The Morgan fingerprint density at radius 3 is 2.68 bits per heavy atom. The number of esters is 1. The average molecular weight is 398 g/mol.